The number of amides is 1. The van der Waals surface area contributed by atoms with Crippen molar-refractivity contribution in [2.45, 2.75) is 6.23 Å². The molecule has 56 valence electrons. The minimum atomic E-state index is -0.608. The van der Waals surface area contributed by atoms with Crippen LogP contribution < -0.4 is 0 Å². The lowest BCUT2D eigenvalue weighted by atomic mass is 10.4. The van der Waals surface area contributed by atoms with Crippen LogP contribution in [-0.4, -0.2) is 6.09 Å². The van der Waals surface area contributed by atoms with Gasteiger partial charge in [0, 0.05) is 0 Å². The van der Waals surface area contributed by atoms with Gasteiger partial charge in [0.15, 0.2) is 0 Å². The molecule has 1 aliphatic rings. The molecule has 1 aromatic rings. The molecule has 5 heteroatoms. The number of nitrogens with zero attached hydrogens (tertiary/aromatic N) is 2. The Hall–Kier alpha value is -1.23. The Balaban J connectivity index is 2.21. The molecule has 4 nitrogen and oxygen atoms in total. The lowest BCUT2D eigenvalue weighted by molar-refractivity contribution is 0.135. The maximum Gasteiger partial charge on any atom is 0.454 e. The summed E-state index contributed by atoms with van der Waals surface area (Å²) < 4.78 is 4.74. The van der Waals surface area contributed by atoms with Gasteiger partial charge >= 0.3 is 6.09 Å². The van der Waals surface area contributed by atoms with Crippen molar-refractivity contribution in [3.05, 3.63) is 22.4 Å². The van der Waals surface area contributed by atoms with Crippen molar-refractivity contribution in [3.8, 4) is 0 Å². The third kappa shape index (κ3) is 1.14. The van der Waals surface area contributed by atoms with E-state index in [2.05, 4.69) is 10.2 Å². The van der Waals surface area contributed by atoms with Gasteiger partial charge in [0.05, 0.1) is 4.88 Å². The van der Waals surface area contributed by atoms with Gasteiger partial charge in [0.25, 0.3) is 0 Å². The van der Waals surface area contributed by atoms with E-state index in [9.17, 15) is 4.79 Å². The first kappa shape index (κ1) is 6.48. The predicted octanol–water partition coefficient (Wildman–Crippen LogP) is 2.35. The number of azo groups is 1. The highest BCUT2D eigenvalue weighted by atomic mass is 32.1. The number of hydrogen-bond acceptors (Lipinski definition) is 4. The first-order chi connectivity index (χ1) is 5.36. The van der Waals surface area contributed by atoms with Crippen LogP contribution in [0.4, 0.5) is 4.79 Å². The maximum atomic E-state index is 10.5. The average molecular weight is 168 g/mol. The number of hydrogen-bond donors (Lipinski definition) is 0. The van der Waals surface area contributed by atoms with E-state index < -0.39 is 12.3 Å². The van der Waals surface area contributed by atoms with Crippen molar-refractivity contribution >= 4 is 17.4 Å². The zero-order valence-electron chi connectivity index (χ0n) is 5.43. The summed E-state index contributed by atoms with van der Waals surface area (Å²) in [6.07, 6.45) is -1.11. The van der Waals surface area contributed by atoms with Gasteiger partial charge < -0.3 is 4.74 Å². The van der Waals surface area contributed by atoms with Crippen LogP contribution in [-0.2, 0) is 4.74 Å². The quantitative estimate of drug-likeness (QED) is 0.646. The minimum absolute atomic E-state index is 0.498. The molecular formula is C6H4N2O2S. The number of carbonyl (C=O) groups is 1. The lowest BCUT2D eigenvalue weighted by Gasteiger charge is -1.99. The summed E-state index contributed by atoms with van der Waals surface area (Å²) in [6, 6.07) is 3.73. The van der Waals surface area contributed by atoms with Gasteiger partial charge in [-0.25, -0.2) is 4.79 Å². The van der Waals surface area contributed by atoms with Gasteiger partial charge in [-0.1, -0.05) is 11.2 Å². The van der Waals surface area contributed by atoms with Crippen molar-refractivity contribution < 1.29 is 9.53 Å². The standard InChI is InChI=1S/C6H4N2O2S/c9-6-8-7-5(10-6)4-2-1-3-11-4/h1-3,5H. The molecule has 0 saturated carbocycles. The molecule has 2 rings (SSSR count). The second-order valence-corrected chi connectivity index (χ2v) is 2.95. The second kappa shape index (κ2) is 2.43. The summed E-state index contributed by atoms with van der Waals surface area (Å²) in [4.78, 5) is 11.4. The van der Waals surface area contributed by atoms with Crippen LogP contribution in [0.1, 0.15) is 11.1 Å². The van der Waals surface area contributed by atoms with Crippen molar-refractivity contribution in [2.75, 3.05) is 0 Å². The zero-order valence-corrected chi connectivity index (χ0v) is 6.25. The van der Waals surface area contributed by atoms with Crippen LogP contribution in [0.25, 0.3) is 0 Å². The summed E-state index contributed by atoms with van der Waals surface area (Å²) in [6.45, 7) is 0. The van der Waals surface area contributed by atoms with E-state index >= 15 is 0 Å². The molecule has 11 heavy (non-hydrogen) atoms. The van der Waals surface area contributed by atoms with Crippen LogP contribution in [0.3, 0.4) is 0 Å². The zero-order chi connectivity index (χ0) is 7.68. The van der Waals surface area contributed by atoms with E-state index in [1.54, 1.807) is 0 Å². The molecule has 0 bridgehead atoms. The van der Waals surface area contributed by atoms with Crippen molar-refractivity contribution in [3.63, 3.8) is 0 Å². The van der Waals surface area contributed by atoms with Crippen LogP contribution in [0.5, 0.6) is 0 Å². The molecule has 1 amide bonds. The maximum absolute atomic E-state index is 10.5. The first-order valence-electron chi connectivity index (χ1n) is 3.01. The smallest absolute Gasteiger partial charge is 0.414 e. The number of thiophene rings is 1. The van der Waals surface area contributed by atoms with E-state index in [0.29, 0.717) is 0 Å². The van der Waals surface area contributed by atoms with Gasteiger partial charge in [-0.3, -0.25) is 0 Å². The number of cyclic esters (lactones) is 1. The monoisotopic (exact) mass is 168 g/mol. The molecule has 0 fully saturated rings. The molecule has 0 spiro atoms. The molecule has 1 aliphatic heterocycles. The average Bonchev–Trinajstić information content (AvgIpc) is 2.55. The van der Waals surface area contributed by atoms with Gasteiger partial charge in [-0.15, -0.1) is 16.5 Å². The molecule has 0 N–H and O–H groups in total. The fourth-order valence-electron chi connectivity index (χ4n) is 0.789. The molecule has 0 radical (unpaired) electrons. The van der Waals surface area contributed by atoms with E-state index in [0.717, 1.165) is 4.88 Å². The normalized spacial score (nSPS) is 22.2. The fraction of sp³-hybridized carbons (Fsp3) is 0.167. The van der Waals surface area contributed by atoms with E-state index in [-0.39, 0.29) is 0 Å². The molecule has 1 aromatic heterocycles. The van der Waals surface area contributed by atoms with Gasteiger partial charge in [-0.05, 0) is 11.4 Å². The summed E-state index contributed by atoms with van der Waals surface area (Å²) >= 11 is 1.49. The van der Waals surface area contributed by atoms with Crippen LogP contribution >= 0.6 is 11.3 Å². The Bertz CT molecular complexity index is 294. The van der Waals surface area contributed by atoms with Gasteiger partial charge in [0.1, 0.15) is 0 Å². The minimum Gasteiger partial charge on any atom is -0.414 e. The Morgan fingerprint density at radius 3 is 3.09 bits per heavy atom. The number of ether oxygens (including phenoxy) is 1. The lowest BCUT2D eigenvalue weighted by Crippen LogP contribution is -1.95. The number of carbonyl (C=O) groups excluding carboxylic acids is 1. The summed E-state index contributed by atoms with van der Waals surface area (Å²) in [5.41, 5.74) is 0. The highest BCUT2D eigenvalue weighted by Crippen LogP contribution is 2.27. The molecule has 1 atom stereocenters. The molecule has 0 aliphatic carbocycles. The molecule has 1 unspecified atom stereocenters. The van der Waals surface area contributed by atoms with E-state index in [4.69, 9.17) is 4.74 Å². The Labute approximate surface area is 66.5 Å². The Morgan fingerprint density at radius 1 is 1.64 bits per heavy atom. The molecule has 0 aromatic carbocycles. The SMILES string of the molecule is O=C1N=NC(c2cccs2)O1. The number of rotatable bonds is 1. The van der Waals surface area contributed by atoms with E-state index in [1.807, 2.05) is 17.5 Å². The summed E-state index contributed by atoms with van der Waals surface area (Å²) in [7, 11) is 0. The van der Waals surface area contributed by atoms with Crippen molar-refractivity contribution in [2.24, 2.45) is 10.2 Å². The van der Waals surface area contributed by atoms with Crippen LogP contribution in [0.2, 0.25) is 0 Å². The predicted molar refractivity (Wildman–Crippen MR) is 38.4 cm³/mol. The third-order valence-electron chi connectivity index (χ3n) is 1.24. The van der Waals surface area contributed by atoms with Crippen molar-refractivity contribution in [1.82, 2.24) is 0 Å². The Morgan fingerprint density at radius 2 is 2.55 bits per heavy atom. The second-order valence-electron chi connectivity index (χ2n) is 1.97. The highest BCUT2D eigenvalue weighted by molar-refractivity contribution is 7.10. The van der Waals surface area contributed by atoms with Crippen molar-refractivity contribution in [1.29, 1.82) is 0 Å². The third-order valence-corrected chi connectivity index (χ3v) is 2.15. The Kier molecular flexibility index (Phi) is 1.43. The van der Waals surface area contributed by atoms with E-state index in [1.165, 1.54) is 11.3 Å². The summed E-state index contributed by atoms with van der Waals surface area (Å²) in [5.74, 6) is 0. The topological polar surface area (TPSA) is 51.0 Å². The van der Waals surface area contributed by atoms with Gasteiger partial charge in [-0.2, -0.15) is 0 Å². The highest BCUT2D eigenvalue weighted by Gasteiger charge is 2.22. The molecular weight excluding hydrogens is 164 g/mol. The molecule has 2 heterocycles. The van der Waals surface area contributed by atoms with Crippen LogP contribution in [0.15, 0.2) is 27.7 Å². The largest absolute Gasteiger partial charge is 0.454 e. The fourth-order valence-corrected chi connectivity index (χ4v) is 1.47. The summed E-state index contributed by atoms with van der Waals surface area (Å²) in [5, 5.41) is 8.77. The van der Waals surface area contributed by atoms with Gasteiger partial charge in [0.2, 0.25) is 6.23 Å². The first-order valence-corrected chi connectivity index (χ1v) is 3.89. The van der Waals surface area contributed by atoms with Crippen LogP contribution in [0, 0.1) is 0 Å². The molecule has 0 saturated heterocycles.